The molecule has 22 heteroatoms. The van der Waals surface area contributed by atoms with E-state index in [1.54, 1.807) is 6.92 Å². The van der Waals surface area contributed by atoms with Crippen molar-refractivity contribution < 1.29 is 78.6 Å². The Morgan fingerprint density at radius 2 is 1.75 bits per heavy atom. The highest BCUT2D eigenvalue weighted by atomic mass is 19.1. The van der Waals surface area contributed by atoms with Gasteiger partial charge in [-0.05, 0) is 13.0 Å². The highest BCUT2D eigenvalue weighted by Crippen LogP contribution is 2.52. The number of carbonyl (C=O) groups is 3. The molecule has 2 aromatic heterocycles. The average molecular weight is 829 g/mol. The van der Waals surface area contributed by atoms with E-state index in [4.69, 9.17) is 35.5 Å². The summed E-state index contributed by atoms with van der Waals surface area (Å²) < 4.78 is 36.8. The van der Waals surface area contributed by atoms with Crippen molar-refractivity contribution in [1.29, 1.82) is 0 Å². The number of aromatic hydroxyl groups is 2. The number of aliphatic hydroxyl groups excluding tert-OH is 5. The quantitative estimate of drug-likeness (QED) is 0.0636. The molecule has 4 aromatic rings. The van der Waals surface area contributed by atoms with Crippen LogP contribution in [0.5, 0.6) is 17.2 Å². The van der Waals surface area contributed by atoms with E-state index in [1.807, 2.05) is 0 Å². The number of anilines is 1. The van der Waals surface area contributed by atoms with Crippen LogP contribution in [0.1, 0.15) is 75.1 Å². The first-order valence-electron chi connectivity index (χ1n) is 18.2. The van der Waals surface area contributed by atoms with Crippen LogP contribution in [0.25, 0.3) is 11.2 Å². The number of nitrogens with zero attached hydrogens (tertiary/aromatic N) is 4. The van der Waals surface area contributed by atoms with Crippen LogP contribution in [-0.2, 0) is 25.4 Å². The Kier molecular flexibility index (Phi) is 11.2. The van der Waals surface area contributed by atoms with Crippen LogP contribution >= 0.6 is 0 Å². The number of rotatable bonds is 7. The van der Waals surface area contributed by atoms with Crippen LogP contribution in [0.4, 0.5) is 10.2 Å². The molecule has 21 nitrogen and oxygen atoms in total. The van der Waals surface area contributed by atoms with E-state index in [2.05, 4.69) is 15.0 Å². The maximum absolute atomic E-state index is 13.6. The van der Waals surface area contributed by atoms with Gasteiger partial charge in [-0.25, -0.2) is 4.98 Å². The summed E-state index contributed by atoms with van der Waals surface area (Å²) in [5.74, 6) is -3.92. The molecule has 0 radical (unpaired) electrons. The van der Waals surface area contributed by atoms with Gasteiger partial charge in [-0.2, -0.15) is 14.4 Å². The molecule has 0 unspecified atom stereocenters. The van der Waals surface area contributed by atoms with Crippen molar-refractivity contribution in [1.82, 2.24) is 19.5 Å². The van der Waals surface area contributed by atoms with E-state index >= 15 is 0 Å². The number of Topliss-reactive ketones (excluding diaryl/α,β-unsaturated/α-hetero) is 1. The molecule has 2 aliphatic heterocycles. The van der Waals surface area contributed by atoms with Crippen molar-refractivity contribution in [3.05, 3.63) is 64.0 Å². The van der Waals surface area contributed by atoms with Crippen molar-refractivity contribution >= 4 is 34.3 Å². The summed E-state index contributed by atoms with van der Waals surface area (Å²) in [6.07, 6.45) is -9.51. The minimum atomic E-state index is -2.24. The number of methoxy groups -OCH3 is 1. The number of aliphatic hydroxyl groups is 6. The highest BCUT2D eigenvalue weighted by molar-refractivity contribution is 6.31. The monoisotopic (exact) mass is 828 g/mol. The molecule has 0 amide bonds. The van der Waals surface area contributed by atoms with E-state index in [9.17, 15) is 54.5 Å². The number of nitrogen functional groups attached to an aromatic ring is 1. The molecule has 2 saturated heterocycles. The number of ketones is 3. The molecule has 2 fully saturated rings. The summed E-state index contributed by atoms with van der Waals surface area (Å²) in [5.41, 5.74) is 8.09. The van der Waals surface area contributed by atoms with Gasteiger partial charge in [0.25, 0.3) is 0 Å². The molecule has 0 bridgehead atoms. The molecule has 4 aliphatic rings. The van der Waals surface area contributed by atoms with Crippen LogP contribution in [-0.4, -0.2) is 146 Å². The third-order valence-electron chi connectivity index (χ3n) is 11.0. The Morgan fingerprint density at radius 3 is 2.39 bits per heavy atom. The lowest BCUT2D eigenvalue weighted by Crippen LogP contribution is -2.53. The molecule has 12 N–H and O–H groups in total. The second-order valence-corrected chi connectivity index (χ2v) is 14.6. The van der Waals surface area contributed by atoms with E-state index < -0.39 is 133 Å². The van der Waals surface area contributed by atoms with Crippen LogP contribution in [0.2, 0.25) is 0 Å². The Labute approximate surface area is 332 Å². The lowest BCUT2D eigenvalue weighted by atomic mass is 9.72. The lowest BCUT2D eigenvalue weighted by molar-refractivity contribution is -0.247. The van der Waals surface area contributed by atoms with Crippen molar-refractivity contribution in [2.75, 3.05) is 26.1 Å². The smallest absolute Gasteiger partial charge is 0.312 e. The number of fused-ring (bicyclic) bond motifs is 4. The van der Waals surface area contributed by atoms with Crippen LogP contribution in [0, 0.1) is 6.08 Å². The molecule has 316 valence electrons. The predicted octanol–water partition coefficient (Wildman–Crippen LogP) is -1.84. The zero-order valence-electron chi connectivity index (χ0n) is 31.3. The number of carbonyl (C=O) groups excluding carboxylic acids is 3. The number of benzene rings is 2. The lowest BCUT2D eigenvalue weighted by Gasteiger charge is -2.42. The molecule has 8 rings (SSSR count). The summed E-state index contributed by atoms with van der Waals surface area (Å²) in [7, 11) is 1.32. The maximum atomic E-state index is 13.6. The zero-order valence-corrected chi connectivity index (χ0v) is 31.3. The molecular formula is C37H41FN6O15. The number of imidazole rings is 1. The zero-order chi connectivity index (χ0) is 42.8. The van der Waals surface area contributed by atoms with Gasteiger partial charge in [0.05, 0.1) is 55.0 Å². The van der Waals surface area contributed by atoms with Gasteiger partial charge in [0.2, 0.25) is 5.78 Å². The Hall–Kier alpha value is -5.27. The Morgan fingerprint density at radius 1 is 1.03 bits per heavy atom. The third kappa shape index (κ3) is 6.95. The number of phenols is 2. The molecule has 59 heavy (non-hydrogen) atoms. The van der Waals surface area contributed by atoms with Gasteiger partial charge in [-0.1, -0.05) is 12.1 Å². The molecule has 0 saturated carbocycles. The fourth-order valence-corrected chi connectivity index (χ4v) is 7.96. The SMILES string of the molecule is COc1cccc2c1C(=O)c1c(O)c3c(c(O)c1C2=O)C[C@@](O)(C(=O)CO)C[C@@H]3O[C@H]1C[C@H](N)[C@H](O)[C@H](C)O1.Nc1nc(F)nc2c1ncn2[C@@H]1O[C@H](CO)[C@@H](O)[C@@H]1O. The van der Waals surface area contributed by atoms with Crippen molar-refractivity contribution in [3.63, 3.8) is 0 Å². The Balaban J connectivity index is 0.000000221. The average Bonchev–Trinajstić information content (AvgIpc) is 3.75. The predicted molar refractivity (Wildman–Crippen MR) is 194 cm³/mol. The van der Waals surface area contributed by atoms with Gasteiger partial charge >= 0.3 is 6.08 Å². The molecule has 4 heterocycles. The number of ether oxygens (including phenoxy) is 4. The second-order valence-electron chi connectivity index (χ2n) is 14.6. The third-order valence-corrected chi connectivity index (χ3v) is 11.0. The molecule has 0 spiro atoms. The number of hydrogen-bond acceptors (Lipinski definition) is 20. The fourth-order valence-electron chi connectivity index (χ4n) is 7.96. The van der Waals surface area contributed by atoms with Gasteiger partial charge in [0.1, 0.15) is 47.8 Å². The van der Waals surface area contributed by atoms with Gasteiger partial charge in [-0.3, -0.25) is 19.0 Å². The van der Waals surface area contributed by atoms with Crippen LogP contribution < -0.4 is 16.2 Å². The van der Waals surface area contributed by atoms with Gasteiger partial charge in [-0.15, -0.1) is 0 Å². The van der Waals surface area contributed by atoms with E-state index in [0.717, 1.165) is 0 Å². The minimum Gasteiger partial charge on any atom is -0.507 e. The highest BCUT2D eigenvalue weighted by Gasteiger charge is 2.50. The summed E-state index contributed by atoms with van der Waals surface area (Å²) >= 11 is 0. The van der Waals surface area contributed by atoms with Gasteiger partial charge in [0, 0.05) is 42.0 Å². The number of halogens is 1. The number of phenolic OH excluding ortho intramolecular Hbond substituents is 2. The van der Waals surface area contributed by atoms with Gasteiger partial charge < -0.3 is 71.3 Å². The van der Waals surface area contributed by atoms with E-state index in [1.165, 1.54) is 36.2 Å². The normalized spacial score (nSPS) is 30.0. The van der Waals surface area contributed by atoms with E-state index in [0.29, 0.717) is 0 Å². The van der Waals surface area contributed by atoms with Crippen molar-refractivity contribution in [2.45, 2.75) is 87.0 Å². The first-order chi connectivity index (χ1) is 28.0. The fraction of sp³-hybridized carbons (Fsp3) is 0.459. The first-order valence-corrected chi connectivity index (χ1v) is 18.2. The maximum Gasteiger partial charge on any atom is 0.312 e. The summed E-state index contributed by atoms with van der Waals surface area (Å²) in [5, 5.41) is 82.4. The number of aromatic nitrogens is 4. The van der Waals surface area contributed by atoms with Gasteiger partial charge in [0.15, 0.2) is 41.1 Å². The minimum absolute atomic E-state index is 0.0173. The molecule has 2 aromatic carbocycles. The number of nitrogens with two attached hydrogens (primary N) is 2. The van der Waals surface area contributed by atoms with Crippen LogP contribution in [0.3, 0.4) is 0 Å². The summed E-state index contributed by atoms with van der Waals surface area (Å²) in [6, 6.07) is 3.64. The molecule has 2 aliphatic carbocycles. The van der Waals surface area contributed by atoms with Crippen LogP contribution in [0.15, 0.2) is 24.5 Å². The topological polar surface area (TPSA) is 346 Å². The van der Waals surface area contributed by atoms with Crippen molar-refractivity contribution in [2.24, 2.45) is 5.73 Å². The largest absolute Gasteiger partial charge is 0.507 e. The van der Waals surface area contributed by atoms with Crippen molar-refractivity contribution in [3.8, 4) is 17.2 Å². The standard InChI is InChI=1S/C27H29NO11.C10H12FN5O4/c1-10-22(31)13(28)6-17(38-10)39-15-8-27(36,16(30)9-29)7-12-19(15)26(35)21-20(24(12)33)23(32)11-4-3-5-14(37-2)18(11)25(21)34;11-10-14-7(12)4-8(15-10)16(2-13-4)9-6(19)5(18)3(1-17)20-9/h3-5,10,13,15,17,22,29,31,33,35-36H,6-9,28H2,1-2H3;2-3,5-6,9,17-19H,1H2,(H2,12,14,15)/t10-,13-,15-,17-,22+,27-;3-,5-,6+,9-/m01/s1. The second kappa shape index (κ2) is 15.7. The first kappa shape index (κ1) is 41.9. The molecular weight excluding hydrogens is 787 g/mol. The Bertz CT molecular complexity index is 2330. The summed E-state index contributed by atoms with van der Waals surface area (Å²) in [6.45, 7) is 0.0942. The number of hydrogen-bond donors (Lipinski definition) is 10. The molecule has 10 atom stereocenters. The van der Waals surface area contributed by atoms with E-state index in [-0.39, 0.29) is 51.4 Å². The summed E-state index contributed by atoms with van der Waals surface area (Å²) in [4.78, 5) is 50.6.